The summed E-state index contributed by atoms with van der Waals surface area (Å²) < 4.78 is 16.7. The maximum Gasteiger partial charge on any atom is 0.277 e. The molecule has 2 heterocycles. The lowest BCUT2D eigenvalue weighted by molar-refractivity contribution is -0.128. The van der Waals surface area contributed by atoms with Crippen molar-refractivity contribution in [1.82, 2.24) is 15.1 Å². The summed E-state index contributed by atoms with van der Waals surface area (Å²) in [7, 11) is 1.67. The van der Waals surface area contributed by atoms with Crippen LogP contribution in [0.2, 0.25) is 0 Å². The fourth-order valence-electron chi connectivity index (χ4n) is 3.51. The first kappa shape index (κ1) is 22.0. The summed E-state index contributed by atoms with van der Waals surface area (Å²) >= 11 is 1.25. The molecule has 1 fully saturated rings. The van der Waals surface area contributed by atoms with Crippen molar-refractivity contribution in [2.75, 3.05) is 43.9 Å². The minimum atomic E-state index is 0.0606. The van der Waals surface area contributed by atoms with Crippen LogP contribution >= 0.6 is 11.8 Å². The third kappa shape index (κ3) is 5.53. The number of rotatable bonds is 8. The second-order valence-corrected chi connectivity index (χ2v) is 8.32. The third-order valence-corrected chi connectivity index (χ3v) is 5.98. The Morgan fingerprint density at radius 3 is 2.69 bits per heavy atom. The summed E-state index contributed by atoms with van der Waals surface area (Å²) in [6.45, 7) is 5.04. The highest BCUT2D eigenvalue weighted by Crippen LogP contribution is 2.28. The SMILES string of the molecule is COc1ccccc1N1CCN(C(=O)CSc2nnc(COc3cccc(C)c3)o2)CC1. The highest BCUT2D eigenvalue weighted by atomic mass is 32.2. The highest BCUT2D eigenvalue weighted by molar-refractivity contribution is 7.99. The van der Waals surface area contributed by atoms with Crippen molar-refractivity contribution in [2.45, 2.75) is 18.8 Å². The van der Waals surface area contributed by atoms with E-state index in [1.165, 1.54) is 11.8 Å². The molecule has 1 aliphatic heterocycles. The van der Waals surface area contributed by atoms with Crippen LogP contribution in [0.3, 0.4) is 0 Å². The summed E-state index contributed by atoms with van der Waals surface area (Å²) in [5.74, 6) is 2.30. The van der Waals surface area contributed by atoms with Crippen LogP contribution in [-0.2, 0) is 11.4 Å². The molecule has 0 spiro atoms. The number of nitrogens with zero attached hydrogens (tertiary/aromatic N) is 4. The molecule has 4 rings (SSSR count). The van der Waals surface area contributed by atoms with Crippen LogP contribution in [0.1, 0.15) is 11.5 Å². The van der Waals surface area contributed by atoms with Gasteiger partial charge in [-0.15, -0.1) is 10.2 Å². The van der Waals surface area contributed by atoms with E-state index in [1.54, 1.807) is 7.11 Å². The molecule has 1 amide bonds. The molecule has 1 aromatic heterocycles. The van der Waals surface area contributed by atoms with Gasteiger partial charge in [0.05, 0.1) is 18.6 Å². The highest BCUT2D eigenvalue weighted by Gasteiger charge is 2.23. The average Bonchev–Trinajstić information content (AvgIpc) is 3.29. The second kappa shape index (κ2) is 10.4. The largest absolute Gasteiger partial charge is 0.495 e. The predicted molar refractivity (Wildman–Crippen MR) is 122 cm³/mol. The molecule has 0 radical (unpaired) electrons. The zero-order valence-electron chi connectivity index (χ0n) is 18.2. The lowest BCUT2D eigenvalue weighted by Crippen LogP contribution is -2.49. The van der Waals surface area contributed by atoms with E-state index in [4.69, 9.17) is 13.9 Å². The number of para-hydroxylation sites is 2. The van der Waals surface area contributed by atoms with E-state index in [-0.39, 0.29) is 18.3 Å². The van der Waals surface area contributed by atoms with Gasteiger partial charge < -0.3 is 23.7 Å². The van der Waals surface area contributed by atoms with Crippen molar-refractivity contribution in [3.05, 3.63) is 60.0 Å². The molecule has 3 aromatic rings. The molecule has 0 bridgehead atoms. The molecule has 0 unspecified atom stereocenters. The molecular formula is C23H26N4O4S. The maximum absolute atomic E-state index is 12.6. The van der Waals surface area contributed by atoms with Crippen molar-refractivity contribution in [1.29, 1.82) is 0 Å². The number of aryl methyl sites for hydroxylation is 1. The van der Waals surface area contributed by atoms with Crippen LogP contribution in [0.15, 0.2) is 58.2 Å². The van der Waals surface area contributed by atoms with Crippen LogP contribution in [0.25, 0.3) is 0 Å². The molecule has 32 heavy (non-hydrogen) atoms. The first-order chi connectivity index (χ1) is 15.6. The van der Waals surface area contributed by atoms with Crippen molar-refractivity contribution >= 4 is 23.4 Å². The lowest BCUT2D eigenvalue weighted by Gasteiger charge is -2.36. The van der Waals surface area contributed by atoms with E-state index in [2.05, 4.69) is 15.1 Å². The summed E-state index contributed by atoms with van der Waals surface area (Å²) in [4.78, 5) is 16.8. The Hall–Kier alpha value is -3.20. The van der Waals surface area contributed by atoms with Crippen molar-refractivity contribution in [3.63, 3.8) is 0 Å². The summed E-state index contributed by atoms with van der Waals surface area (Å²) in [6, 6.07) is 15.7. The van der Waals surface area contributed by atoms with E-state index in [0.29, 0.717) is 24.2 Å². The molecule has 0 atom stereocenters. The third-order valence-electron chi connectivity index (χ3n) is 5.18. The lowest BCUT2D eigenvalue weighted by atomic mass is 10.2. The van der Waals surface area contributed by atoms with Gasteiger partial charge in [-0.2, -0.15) is 0 Å². The summed E-state index contributed by atoms with van der Waals surface area (Å²) in [5, 5.41) is 8.37. The first-order valence-electron chi connectivity index (χ1n) is 10.4. The number of carbonyl (C=O) groups excluding carboxylic acids is 1. The Kier molecular flexibility index (Phi) is 7.16. The Morgan fingerprint density at radius 2 is 1.91 bits per heavy atom. The molecule has 0 N–H and O–H groups in total. The number of hydrogen-bond donors (Lipinski definition) is 0. The van der Waals surface area contributed by atoms with Gasteiger partial charge in [-0.25, -0.2) is 0 Å². The standard InChI is InChI=1S/C23H26N4O4S/c1-17-6-5-7-18(14-17)30-15-21-24-25-23(31-21)32-16-22(28)27-12-10-26(11-13-27)19-8-3-4-9-20(19)29-2/h3-9,14H,10-13,15-16H2,1-2H3. The monoisotopic (exact) mass is 454 g/mol. The Labute approximate surface area is 191 Å². The minimum absolute atomic E-state index is 0.0606. The Bertz CT molecular complexity index is 1050. The van der Waals surface area contributed by atoms with Gasteiger partial charge in [0.1, 0.15) is 11.5 Å². The van der Waals surface area contributed by atoms with Crippen LogP contribution in [0.4, 0.5) is 5.69 Å². The van der Waals surface area contributed by atoms with Gasteiger partial charge in [0.25, 0.3) is 11.1 Å². The van der Waals surface area contributed by atoms with E-state index in [1.807, 2.05) is 60.4 Å². The number of thioether (sulfide) groups is 1. The number of carbonyl (C=O) groups is 1. The van der Waals surface area contributed by atoms with Crippen LogP contribution in [0, 0.1) is 6.92 Å². The molecule has 0 saturated carbocycles. The van der Waals surface area contributed by atoms with E-state index < -0.39 is 0 Å². The molecule has 1 aliphatic rings. The zero-order chi connectivity index (χ0) is 22.3. The zero-order valence-corrected chi connectivity index (χ0v) is 19.0. The van der Waals surface area contributed by atoms with Gasteiger partial charge in [0, 0.05) is 26.2 Å². The molecular weight excluding hydrogens is 428 g/mol. The fourth-order valence-corrected chi connectivity index (χ4v) is 4.19. The Balaban J connectivity index is 1.22. The molecule has 2 aromatic carbocycles. The van der Waals surface area contributed by atoms with Gasteiger partial charge in [-0.1, -0.05) is 36.0 Å². The molecule has 0 aliphatic carbocycles. The second-order valence-electron chi connectivity index (χ2n) is 7.40. The number of benzene rings is 2. The number of aromatic nitrogens is 2. The van der Waals surface area contributed by atoms with Crippen molar-refractivity contribution in [2.24, 2.45) is 0 Å². The maximum atomic E-state index is 12.6. The smallest absolute Gasteiger partial charge is 0.277 e. The van der Waals surface area contributed by atoms with Gasteiger partial charge in [-0.05, 0) is 36.8 Å². The molecule has 9 heteroatoms. The van der Waals surface area contributed by atoms with Gasteiger partial charge >= 0.3 is 0 Å². The van der Waals surface area contributed by atoms with Crippen LogP contribution in [0.5, 0.6) is 11.5 Å². The van der Waals surface area contributed by atoms with Crippen molar-refractivity contribution < 1.29 is 18.7 Å². The topological polar surface area (TPSA) is 80.9 Å². The summed E-state index contributed by atoms with van der Waals surface area (Å²) in [6.07, 6.45) is 0. The normalized spacial score (nSPS) is 13.8. The predicted octanol–water partition coefficient (Wildman–Crippen LogP) is 3.41. The number of amides is 1. The van der Waals surface area contributed by atoms with E-state index in [0.717, 1.165) is 35.8 Å². The minimum Gasteiger partial charge on any atom is -0.495 e. The van der Waals surface area contributed by atoms with Crippen LogP contribution in [-0.4, -0.2) is 60.0 Å². The van der Waals surface area contributed by atoms with E-state index >= 15 is 0 Å². The molecule has 168 valence electrons. The fraction of sp³-hybridized carbons (Fsp3) is 0.348. The number of anilines is 1. The average molecular weight is 455 g/mol. The molecule has 8 nitrogen and oxygen atoms in total. The number of hydrogen-bond acceptors (Lipinski definition) is 8. The van der Waals surface area contributed by atoms with Gasteiger partial charge in [0.2, 0.25) is 5.91 Å². The Morgan fingerprint density at radius 1 is 1.09 bits per heavy atom. The van der Waals surface area contributed by atoms with Crippen LogP contribution < -0.4 is 14.4 Å². The van der Waals surface area contributed by atoms with Crippen molar-refractivity contribution in [3.8, 4) is 11.5 Å². The van der Waals surface area contributed by atoms with E-state index in [9.17, 15) is 4.79 Å². The first-order valence-corrected chi connectivity index (χ1v) is 11.4. The number of ether oxygens (including phenoxy) is 2. The number of methoxy groups -OCH3 is 1. The summed E-state index contributed by atoms with van der Waals surface area (Å²) in [5.41, 5.74) is 2.18. The quantitative estimate of drug-likeness (QED) is 0.479. The number of piperazine rings is 1. The van der Waals surface area contributed by atoms with Gasteiger partial charge in [0.15, 0.2) is 6.61 Å². The molecule has 1 saturated heterocycles. The van der Waals surface area contributed by atoms with Gasteiger partial charge in [-0.3, -0.25) is 4.79 Å².